The maximum absolute atomic E-state index is 12.9. The van der Waals surface area contributed by atoms with E-state index in [9.17, 15) is 9.18 Å². The van der Waals surface area contributed by atoms with Crippen molar-refractivity contribution in [1.29, 1.82) is 0 Å². The van der Waals surface area contributed by atoms with Crippen molar-refractivity contribution in [2.24, 2.45) is 0 Å². The summed E-state index contributed by atoms with van der Waals surface area (Å²) in [6, 6.07) is 10.0. The number of benzene rings is 1. The summed E-state index contributed by atoms with van der Waals surface area (Å²) in [5.41, 5.74) is 3.15. The second-order valence-electron chi connectivity index (χ2n) is 5.62. The molecule has 0 fully saturated rings. The number of hydrogen-bond acceptors (Lipinski definition) is 3. The van der Waals surface area contributed by atoms with Crippen molar-refractivity contribution >= 4 is 34.3 Å². The van der Waals surface area contributed by atoms with Crippen LogP contribution in [0.5, 0.6) is 0 Å². The summed E-state index contributed by atoms with van der Waals surface area (Å²) in [5, 5.41) is 2.83. The third-order valence-corrected chi connectivity index (χ3v) is 6.25. The predicted octanol–water partition coefficient (Wildman–Crippen LogP) is 5.28. The second-order valence-corrected chi connectivity index (χ2v) is 8.01. The van der Waals surface area contributed by atoms with Crippen molar-refractivity contribution in [3.8, 4) is 10.4 Å². The molecular formula is C18H14FNOS2. The summed E-state index contributed by atoms with van der Waals surface area (Å²) in [6.07, 6.45) is 2.04. The number of halogens is 1. The summed E-state index contributed by atoms with van der Waals surface area (Å²) >= 11 is 3.39. The maximum atomic E-state index is 12.9. The monoisotopic (exact) mass is 343 g/mol. The molecule has 0 bridgehead atoms. The number of carbonyl (C=O) groups is 1. The van der Waals surface area contributed by atoms with Gasteiger partial charge in [0.25, 0.3) is 5.91 Å². The molecule has 3 aromatic rings. The molecular weight excluding hydrogens is 329 g/mol. The lowest BCUT2D eigenvalue weighted by molar-refractivity contribution is 0.103. The van der Waals surface area contributed by atoms with Gasteiger partial charge in [-0.3, -0.25) is 4.79 Å². The molecule has 5 heteroatoms. The molecule has 4 rings (SSSR count). The topological polar surface area (TPSA) is 29.1 Å². The Hall–Kier alpha value is -1.98. The highest BCUT2D eigenvalue weighted by molar-refractivity contribution is 7.18. The predicted molar refractivity (Wildman–Crippen MR) is 94.1 cm³/mol. The van der Waals surface area contributed by atoms with Crippen LogP contribution in [0.15, 0.2) is 36.4 Å². The van der Waals surface area contributed by atoms with E-state index in [2.05, 4.69) is 18.3 Å². The molecule has 1 aromatic carbocycles. The molecule has 0 aliphatic heterocycles. The van der Waals surface area contributed by atoms with E-state index in [0.717, 1.165) is 12.8 Å². The lowest BCUT2D eigenvalue weighted by Gasteiger charge is -2.10. The van der Waals surface area contributed by atoms with Crippen molar-refractivity contribution in [2.75, 3.05) is 5.32 Å². The zero-order valence-corrected chi connectivity index (χ0v) is 14.1. The summed E-state index contributed by atoms with van der Waals surface area (Å²) in [4.78, 5) is 17.1. The zero-order chi connectivity index (χ0) is 16.0. The molecule has 23 heavy (non-hydrogen) atoms. The van der Waals surface area contributed by atoms with Gasteiger partial charge in [0.1, 0.15) is 5.82 Å². The average Bonchev–Trinajstić information content (AvgIpc) is 3.11. The Labute approximate surface area is 141 Å². The minimum Gasteiger partial charge on any atom is -0.321 e. The van der Waals surface area contributed by atoms with Gasteiger partial charge in [-0.1, -0.05) is 0 Å². The normalized spacial score (nSPS) is 12.6. The van der Waals surface area contributed by atoms with E-state index in [4.69, 9.17) is 0 Å². The fraction of sp³-hybridized carbons (Fsp3) is 0.167. The maximum Gasteiger partial charge on any atom is 0.265 e. The van der Waals surface area contributed by atoms with Crippen LogP contribution in [0.1, 0.15) is 25.0 Å². The Kier molecular flexibility index (Phi) is 3.54. The van der Waals surface area contributed by atoms with Crippen molar-refractivity contribution in [1.82, 2.24) is 0 Å². The lowest BCUT2D eigenvalue weighted by atomic mass is 9.98. The number of rotatable bonds is 2. The van der Waals surface area contributed by atoms with Crippen molar-refractivity contribution in [2.45, 2.75) is 19.8 Å². The molecule has 0 atom stereocenters. The summed E-state index contributed by atoms with van der Waals surface area (Å²) in [7, 11) is 0. The van der Waals surface area contributed by atoms with Gasteiger partial charge in [-0.15, -0.1) is 22.7 Å². The second kappa shape index (κ2) is 5.58. The van der Waals surface area contributed by atoms with Gasteiger partial charge in [0.05, 0.1) is 4.88 Å². The van der Waals surface area contributed by atoms with Crippen LogP contribution in [0.25, 0.3) is 10.4 Å². The highest BCUT2D eigenvalue weighted by Gasteiger charge is 2.23. The van der Waals surface area contributed by atoms with Gasteiger partial charge in [-0.25, -0.2) is 4.39 Å². The number of aryl methyl sites for hydroxylation is 3. The molecule has 2 heterocycles. The van der Waals surface area contributed by atoms with Crippen LogP contribution in [0, 0.1) is 12.7 Å². The number of anilines is 1. The van der Waals surface area contributed by atoms with Gasteiger partial charge in [-0.2, -0.15) is 0 Å². The third kappa shape index (κ3) is 2.71. The van der Waals surface area contributed by atoms with E-state index in [1.165, 1.54) is 37.9 Å². The molecule has 0 spiro atoms. The first-order valence-electron chi connectivity index (χ1n) is 7.39. The molecule has 116 valence electrons. The number of nitrogens with one attached hydrogen (secondary N) is 1. The van der Waals surface area contributed by atoms with Crippen LogP contribution >= 0.6 is 22.7 Å². The highest BCUT2D eigenvalue weighted by atomic mass is 32.1. The first-order chi connectivity index (χ1) is 11.1. The Bertz CT molecular complexity index is 892. The fourth-order valence-corrected chi connectivity index (χ4v) is 5.12. The van der Waals surface area contributed by atoms with Gasteiger partial charge >= 0.3 is 0 Å². The minimum absolute atomic E-state index is 0.135. The zero-order valence-electron chi connectivity index (χ0n) is 12.5. The van der Waals surface area contributed by atoms with Gasteiger partial charge in [0.2, 0.25) is 0 Å². The van der Waals surface area contributed by atoms with Crippen LogP contribution in [0.2, 0.25) is 0 Å². The van der Waals surface area contributed by atoms with Gasteiger partial charge in [0.15, 0.2) is 0 Å². The van der Waals surface area contributed by atoms with Crippen LogP contribution in [-0.2, 0) is 12.8 Å². The Morgan fingerprint density at radius 3 is 2.70 bits per heavy atom. The molecule has 0 unspecified atom stereocenters. The van der Waals surface area contributed by atoms with E-state index in [1.807, 2.05) is 17.4 Å². The van der Waals surface area contributed by atoms with Gasteiger partial charge in [0, 0.05) is 25.9 Å². The van der Waals surface area contributed by atoms with Crippen LogP contribution in [0.4, 0.5) is 10.1 Å². The van der Waals surface area contributed by atoms with E-state index in [-0.39, 0.29) is 11.7 Å². The largest absolute Gasteiger partial charge is 0.321 e. The SMILES string of the molecule is Cc1cc2c(s1)CCc1cc(C(=O)Nc3ccc(F)cc3)sc1-2. The number of thiophene rings is 2. The van der Waals surface area contributed by atoms with E-state index >= 15 is 0 Å². The average molecular weight is 343 g/mol. The fourth-order valence-electron chi connectivity index (χ4n) is 2.87. The van der Waals surface area contributed by atoms with Gasteiger partial charge in [-0.05, 0) is 61.7 Å². The Morgan fingerprint density at radius 1 is 1.13 bits per heavy atom. The first-order valence-corrected chi connectivity index (χ1v) is 9.03. The molecule has 0 saturated heterocycles. The molecule has 1 N–H and O–H groups in total. The standard InChI is InChI=1S/C18H14FNOS2/c1-10-8-14-15(22-10)7-2-11-9-16(23-17(11)14)18(21)20-13-5-3-12(19)4-6-13/h3-6,8-9H,2,7H2,1H3,(H,20,21). The molecule has 0 radical (unpaired) electrons. The Morgan fingerprint density at radius 2 is 1.91 bits per heavy atom. The summed E-state index contributed by atoms with van der Waals surface area (Å²) < 4.78 is 12.9. The summed E-state index contributed by atoms with van der Waals surface area (Å²) in [5.74, 6) is -0.445. The molecule has 0 saturated carbocycles. The van der Waals surface area contributed by atoms with Crippen LogP contribution < -0.4 is 5.32 Å². The van der Waals surface area contributed by atoms with Crippen molar-refractivity contribution < 1.29 is 9.18 Å². The summed E-state index contributed by atoms with van der Waals surface area (Å²) in [6.45, 7) is 2.12. The molecule has 2 aromatic heterocycles. The number of amides is 1. The molecule has 1 amide bonds. The Balaban J connectivity index is 1.63. The first kappa shape index (κ1) is 14.6. The smallest absolute Gasteiger partial charge is 0.265 e. The van der Waals surface area contributed by atoms with Crippen LogP contribution in [-0.4, -0.2) is 5.91 Å². The lowest BCUT2D eigenvalue weighted by Crippen LogP contribution is -2.10. The quantitative estimate of drug-likeness (QED) is 0.674. The van der Waals surface area contributed by atoms with Gasteiger partial charge < -0.3 is 5.32 Å². The molecule has 1 aliphatic rings. The molecule has 1 aliphatic carbocycles. The van der Waals surface area contributed by atoms with E-state index < -0.39 is 0 Å². The van der Waals surface area contributed by atoms with Crippen molar-refractivity contribution in [3.63, 3.8) is 0 Å². The third-order valence-electron chi connectivity index (χ3n) is 3.93. The number of carbonyl (C=O) groups excluding carboxylic acids is 1. The highest BCUT2D eigenvalue weighted by Crippen LogP contribution is 2.43. The van der Waals surface area contributed by atoms with Crippen molar-refractivity contribution in [3.05, 3.63) is 62.4 Å². The molecule has 2 nitrogen and oxygen atoms in total. The number of hydrogen-bond donors (Lipinski definition) is 1. The van der Waals surface area contributed by atoms with E-state index in [1.54, 1.807) is 23.5 Å². The van der Waals surface area contributed by atoms with Crippen LogP contribution in [0.3, 0.4) is 0 Å². The minimum atomic E-state index is -0.310. The van der Waals surface area contributed by atoms with E-state index in [0.29, 0.717) is 10.6 Å². The number of fused-ring (bicyclic) bond motifs is 3.